The van der Waals surface area contributed by atoms with Gasteiger partial charge in [-0.05, 0) is 12.8 Å². The number of hydrogen-bond donors (Lipinski definition) is 1. The predicted molar refractivity (Wildman–Crippen MR) is 99.9 cm³/mol. The average molecular weight is 327 g/mol. The molecule has 1 fully saturated rings. The summed E-state index contributed by atoms with van der Waals surface area (Å²) in [7, 11) is 0. The first-order valence-corrected chi connectivity index (χ1v) is 10.6. The maximum atomic E-state index is 10.1. The van der Waals surface area contributed by atoms with Crippen molar-refractivity contribution in [3.05, 3.63) is 0 Å². The zero-order valence-corrected chi connectivity index (χ0v) is 15.9. The van der Waals surface area contributed by atoms with Gasteiger partial charge in [0.05, 0.1) is 18.3 Å². The van der Waals surface area contributed by atoms with E-state index in [1.54, 1.807) is 0 Å². The van der Waals surface area contributed by atoms with E-state index in [4.69, 9.17) is 4.74 Å². The van der Waals surface area contributed by atoms with Crippen LogP contribution in [0.25, 0.3) is 0 Å². The second-order valence-corrected chi connectivity index (χ2v) is 7.57. The van der Waals surface area contributed by atoms with Crippen molar-refractivity contribution in [3.8, 4) is 0 Å². The van der Waals surface area contributed by atoms with Gasteiger partial charge in [0.25, 0.3) is 0 Å². The molecule has 0 aromatic heterocycles. The molecule has 0 aliphatic carbocycles. The second kappa shape index (κ2) is 14.3. The highest BCUT2D eigenvalue weighted by molar-refractivity contribution is 4.86. The molecule has 23 heavy (non-hydrogen) atoms. The molecule has 0 saturated carbocycles. The van der Waals surface area contributed by atoms with Gasteiger partial charge in [-0.1, -0.05) is 97.3 Å². The van der Waals surface area contributed by atoms with Gasteiger partial charge in [-0.15, -0.1) is 0 Å². The Kier molecular flexibility index (Phi) is 13.0. The first-order valence-electron chi connectivity index (χ1n) is 10.6. The van der Waals surface area contributed by atoms with Gasteiger partial charge in [0.2, 0.25) is 0 Å². The van der Waals surface area contributed by atoms with Crippen molar-refractivity contribution in [2.45, 2.75) is 135 Å². The summed E-state index contributed by atoms with van der Waals surface area (Å²) in [5, 5.41) is 10.1. The minimum atomic E-state index is -0.134. The van der Waals surface area contributed by atoms with E-state index in [-0.39, 0.29) is 6.10 Å². The molecule has 0 spiro atoms. The SMILES string of the molecule is CCCCCCCCCCCC(O)CC1OC1CCCCCC. The van der Waals surface area contributed by atoms with E-state index in [1.165, 1.54) is 89.9 Å². The minimum absolute atomic E-state index is 0.134. The van der Waals surface area contributed by atoms with Gasteiger partial charge in [0.1, 0.15) is 0 Å². The van der Waals surface area contributed by atoms with Crippen LogP contribution in [0.3, 0.4) is 0 Å². The molecule has 1 aliphatic rings. The summed E-state index contributed by atoms with van der Waals surface area (Å²) < 4.78 is 5.70. The summed E-state index contributed by atoms with van der Waals surface area (Å²) in [6, 6.07) is 0. The van der Waals surface area contributed by atoms with Crippen LogP contribution < -0.4 is 0 Å². The van der Waals surface area contributed by atoms with Gasteiger partial charge in [0.15, 0.2) is 0 Å². The summed E-state index contributed by atoms with van der Waals surface area (Å²) >= 11 is 0. The van der Waals surface area contributed by atoms with E-state index in [0.29, 0.717) is 12.2 Å². The molecule has 0 aromatic carbocycles. The lowest BCUT2D eigenvalue weighted by molar-refractivity contribution is 0.139. The van der Waals surface area contributed by atoms with Gasteiger partial charge in [0, 0.05) is 6.42 Å². The van der Waals surface area contributed by atoms with Crippen molar-refractivity contribution in [2.24, 2.45) is 0 Å². The van der Waals surface area contributed by atoms with E-state index in [1.807, 2.05) is 0 Å². The summed E-state index contributed by atoms with van der Waals surface area (Å²) in [5.74, 6) is 0. The number of ether oxygens (including phenoxy) is 1. The molecule has 1 aliphatic heterocycles. The lowest BCUT2D eigenvalue weighted by atomic mass is 10.0. The Morgan fingerprint density at radius 2 is 1.22 bits per heavy atom. The van der Waals surface area contributed by atoms with Crippen LogP contribution in [0, 0.1) is 0 Å². The van der Waals surface area contributed by atoms with Crippen molar-refractivity contribution in [1.29, 1.82) is 0 Å². The highest BCUT2D eigenvalue weighted by Gasteiger charge is 2.38. The molecular formula is C21H42O2. The minimum Gasteiger partial charge on any atom is -0.393 e. The van der Waals surface area contributed by atoms with Crippen LogP contribution in [-0.2, 0) is 4.74 Å². The van der Waals surface area contributed by atoms with Crippen LogP contribution in [0.5, 0.6) is 0 Å². The number of hydrogen-bond acceptors (Lipinski definition) is 2. The van der Waals surface area contributed by atoms with E-state index in [9.17, 15) is 5.11 Å². The predicted octanol–water partition coefficient (Wildman–Crippen LogP) is 6.40. The molecule has 0 radical (unpaired) electrons. The number of epoxide rings is 1. The van der Waals surface area contributed by atoms with Crippen LogP contribution in [-0.4, -0.2) is 23.4 Å². The standard InChI is InChI=1S/C21H42O2/c1-3-5-7-9-10-11-12-13-14-16-19(22)18-21-20(23-21)17-15-8-6-4-2/h19-22H,3-18H2,1-2H3. The Balaban J connectivity index is 1.82. The molecule has 2 heteroatoms. The van der Waals surface area contributed by atoms with Crippen molar-refractivity contribution in [3.63, 3.8) is 0 Å². The quantitative estimate of drug-likeness (QED) is 0.248. The smallest absolute Gasteiger partial charge is 0.0866 e. The third-order valence-corrected chi connectivity index (χ3v) is 5.18. The normalized spacial score (nSPS) is 21.5. The highest BCUT2D eigenvalue weighted by atomic mass is 16.6. The summed E-state index contributed by atoms with van der Waals surface area (Å²) in [4.78, 5) is 0. The van der Waals surface area contributed by atoms with Crippen molar-refractivity contribution >= 4 is 0 Å². The summed E-state index contributed by atoms with van der Waals surface area (Å²) in [6.45, 7) is 4.52. The molecule has 2 nitrogen and oxygen atoms in total. The number of rotatable bonds is 17. The first kappa shape index (κ1) is 21.0. The molecule has 3 unspecified atom stereocenters. The van der Waals surface area contributed by atoms with Gasteiger partial charge >= 0.3 is 0 Å². The Bertz CT molecular complexity index is 254. The molecule has 1 saturated heterocycles. The van der Waals surface area contributed by atoms with Gasteiger partial charge in [-0.3, -0.25) is 0 Å². The van der Waals surface area contributed by atoms with Crippen LogP contribution in [0.15, 0.2) is 0 Å². The molecule has 0 bridgehead atoms. The zero-order chi connectivity index (χ0) is 16.8. The molecular weight excluding hydrogens is 284 g/mol. The average Bonchev–Trinajstić information content (AvgIpc) is 3.28. The Hall–Kier alpha value is -0.0800. The third-order valence-electron chi connectivity index (χ3n) is 5.18. The fourth-order valence-electron chi connectivity index (χ4n) is 3.49. The fraction of sp³-hybridized carbons (Fsp3) is 1.00. The molecule has 0 amide bonds. The van der Waals surface area contributed by atoms with Crippen LogP contribution in [0.1, 0.15) is 117 Å². The van der Waals surface area contributed by atoms with E-state index in [2.05, 4.69) is 13.8 Å². The van der Waals surface area contributed by atoms with Crippen LogP contribution >= 0.6 is 0 Å². The second-order valence-electron chi connectivity index (χ2n) is 7.57. The van der Waals surface area contributed by atoms with E-state index < -0.39 is 0 Å². The first-order chi connectivity index (χ1) is 11.3. The largest absolute Gasteiger partial charge is 0.393 e. The lowest BCUT2D eigenvalue weighted by Gasteiger charge is -2.08. The van der Waals surface area contributed by atoms with Gasteiger partial charge < -0.3 is 9.84 Å². The van der Waals surface area contributed by atoms with Gasteiger partial charge in [-0.25, -0.2) is 0 Å². The monoisotopic (exact) mass is 326 g/mol. The molecule has 0 aromatic rings. The third kappa shape index (κ3) is 12.0. The van der Waals surface area contributed by atoms with E-state index >= 15 is 0 Å². The topological polar surface area (TPSA) is 32.8 Å². The number of unbranched alkanes of at least 4 members (excludes halogenated alkanes) is 11. The summed E-state index contributed by atoms with van der Waals surface area (Å²) in [6.07, 6.45) is 21.2. The summed E-state index contributed by atoms with van der Waals surface area (Å²) in [5.41, 5.74) is 0. The van der Waals surface area contributed by atoms with Crippen molar-refractivity contribution < 1.29 is 9.84 Å². The maximum absolute atomic E-state index is 10.1. The molecule has 1 rings (SSSR count). The Morgan fingerprint density at radius 1 is 0.696 bits per heavy atom. The van der Waals surface area contributed by atoms with Crippen molar-refractivity contribution in [1.82, 2.24) is 0 Å². The number of aliphatic hydroxyl groups excluding tert-OH is 1. The molecule has 3 atom stereocenters. The molecule has 1 N–H and O–H groups in total. The zero-order valence-electron chi connectivity index (χ0n) is 15.9. The number of aliphatic hydroxyl groups is 1. The fourth-order valence-corrected chi connectivity index (χ4v) is 3.49. The van der Waals surface area contributed by atoms with Crippen LogP contribution in [0.2, 0.25) is 0 Å². The van der Waals surface area contributed by atoms with Crippen molar-refractivity contribution in [2.75, 3.05) is 0 Å². The Morgan fingerprint density at radius 3 is 1.83 bits per heavy atom. The Labute approximate surface area is 145 Å². The molecule has 138 valence electrons. The van der Waals surface area contributed by atoms with Gasteiger partial charge in [-0.2, -0.15) is 0 Å². The van der Waals surface area contributed by atoms with Crippen LogP contribution in [0.4, 0.5) is 0 Å². The molecule has 1 heterocycles. The van der Waals surface area contributed by atoms with E-state index in [0.717, 1.165) is 12.8 Å². The highest BCUT2D eigenvalue weighted by Crippen LogP contribution is 2.32. The maximum Gasteiger partial charge on any atom is 0.0866 e. The lowest BCUT2D eigenvalue weighted by Crippen LogP contribution is -2.11.